The van der Waals surface area contributed by atoms with Gasteiger partial charge in [0.2, 0.25) is 0 Å². The maximum absolute atomic E-state index is 5.76. The molecule has 3 nitrogen and oxygen atoms in total. The molecule has 2 rings (SSSR count). The third-order valence-electron chi connectivity index (χ3n) is 2.01. The van der Waals surface area contributed by atoms with Crippen LogP contribution < -0.4 is 11.5 Å². The Morgan fingerprint density at radius 2 is 1.92 bits per heavy atom. The van der Waals surface area contributed by atoms with Crippen molar-refractivity contribution in [3.8, 4) is 0 Å². The van der Waals surface area contributed by atoms with Crippen molar-refractivity contribution in [3.05, 3.63) is 30.0 Å². The van der Waals surface area contributed by atoms with E-state index in [9.17, 15) is 0 Å². The normalized spacial score (nSPS) is 10.5. The molecule has 13 heavy (non-hydrogen) atoms. The van der Waals surface area contributed by atoms with E-state index in [2.05, 4.69) is 4.98 Å². The van der Waals surface area contributed by atoms with Crippen LogP contribution in [0, 0.1) is 6.92 Å². The molecule has 0 radical (unpaired) electrons. The van der Waals surface area contributed by atoms with E-state index in [4.69, 9.17) is 11.5 Å². The van der Waals surface area contributed by atoms with Gasteiger partial charge in [-0.2, -0.15) is 0 Å². The number of fused-ring (bicyclic) bond motifs is 1. The van der Waals surface area contributed by atoms with Gasteiger partial charge in [0.25, 0.3) is 0 Å². The van der Waals surface area contributed by atoms with Crippen molar-refractivity contribution in [1.82, 2.24) is 4.98 Å². The van der Waals surface area contributed by atoms with Gasteiger partial charge in [0.05, 0.1) is 0 Å². The molecule has 0 bridgehead atoms. The molecule has 66 valence electrons. The lowest BCUT2D eigenvalue weighted by Crippen LogP contribution is -1.94. The van der Waals surface area contributed by atoms with Gasteiger partial charge in [0.1, 0.15) is 5.82 Å². The highest BCUT2D eigenvalue weighted by atomic mass is 14.8. The highest BCUT2D eigenvalue weighted by Gasteiger charge is 2.00. The van der Waals surface area contributed by atoms with Gasteiger partial charge in [-0.3, -0.25) is 0 Å². The van der Waals surface area contributed by atoms with E-state index >= 15 is 0 Å². The van der Waals surface area contributed by atoms with Gasteiger partial charge in [0.15, 0.2) is 0 Å². The molecule has 0 spiro atoms. The third kappa shape index (κ3) is 1.28. The van der Waals surface area contributed by atoms with Crippen molar-refractivity contribution in [2.75, 3.05) is 11.5 Å². The van der Waals surface area contributed by atoms with Gasteiger partial charge in [-0.1, -0.05) is 6.07 Å². The Morgan fingerprint density at radius 1 is 1.15 bits per heavy atom. The summed E-state index contributed by atoms with van der Waals surface area (Å²) in [5, 5.41) is 2.00. The summed E-state index contributed by atoms with van der Waals surface area (Å²) < 4.78 is 0. The first kappa shape index (κ1) is 7.86. The smallest absolute Gasteiger partial charge is 0.131 e. The molecule has 0 aliphatic rings. The highest BCUT2D eigenvalue weighted by molar-refractivity contribution is 5.93. The van der Waals surface area contributed by atoms with Gasteiger partial charge >= 0.3 is 0 Å². The molecule has 0 fully saturated rings. The summed E-state index contributed by atoms with van der Waals surface area (Å²) >= 11 is 0. The van der Waals surface area contributed by atoms with Gasteiger partial charge in [0, 0.05) is 16.8 Å². The highest BCUT2D eigenvalue weighted by Crippen LogP contribution is 2.22. The number of nitrogen functional groups attached to an aromatic ring is 2. The fourth-order valence-corrected chi connectivity index (χ4v) is 1.43. The van der Waals surface area contributed by atoms with E-state index in [1.807, 2.05) is 31.2 Å². The fourth-order valence-electron chi connectivity index (χ4n) is 1.43. The van der Waals surface area contributed by atoms with Gasteiger partial charge in [-0.05, 0) is 30.5 Å². The molecule has 2 aromatic rings. The molecule has 1 heterocycles. The number of nitrogens with zero attached hydrogens (tertiary/aromatic N) is 1. The maximum atomic E-state index is 5.76. The molecule has 1 aromatic carbocycles. The quantitative estimate of drug-likeness (QED) is 0.596. The van der Waals surface area contributed by atoms with E-state index in [1.54, 1.807) is 0 Å². The largest absolute Gasteiger partial charge is 0.399 e. The van der Waals surface area contributed by atoms with E-state index in [0.717, 1.165) is 16.5 Å². The number of aryl methyl sites for hydroxylation is 1. The fraction of sp³-hybridized carbons (Fsp3) is 0.100. The topological polar surface area (TPSA) is 64.9 Å². The first-order valence-corrected chi connectivity index (χ1v) is 4.09. The molecule has 0 amide bonds. The monoisotopic (exact) mass is 173 g/mol. The Balaban J connectivity index is 2.87. The van der Waals surface area contributed by atoms with Gasteiger partial charge in [-0.15, -0.1) is 0 Å². The second-order valence-electron chi connectivity index (χ2n) is 3.13. The summed E-state index contributed by atoms with van der Waals surface area (Å²) in [6.07, 6.45) is 0. The van der Waals surface area contributed by atoms with E-state index in [0.29, 0.717) is 11.5 Å². The van der Waals surface area contributed by atoms with Crippen molar-refractivity contribution in [2.45, 2.75) is 6.92 Å². The van der Waals surface area contributed by atoms with Crippen LogP contribution in [0.3, 0.4) is 0 Å². The summed E-state index contributed by atoms with van der Waals surface area (Å²) in [5.74, 6) is 0.544. The number of hydrogen-bond donors (Lipinski definition) is 2. The Labute approximate surface area is 76.4 Å². The molecule has 3 heteroatoms. The van der Waals surface area contributed by atoms with Gasteiger partial charge in [-0.25, -0.2) is 4.98 Å². The standard InChI is InChI=1S/C10H11N3/c1-6-4-7-2-3-8(11)5-9(7)10(12)13-6/h2-5H,11H2,1H3,(H2,12,13). The number of hydrogen-bond acceptors (Lipinski definition) is 3. The molecular weight excluding hydrogens is 162 g/mol. The predicted molar refractivity (Wildman–Crippen MR) is 55.3 cm³/mol. The second-order valence-corrected chi connectivity index (χ2v) is 3.13. The summed E-state index contributed by atoms with van der Waals surface area (Å²) in [5.41, 5.74) is 13.0. The minimum atomic E-state index is 0.544. The number of aromatic nitrogens is 1. The summed E-state index contributed by atoms with van der Waals surface area (Å²) in [6, 6.07) is 7.65. The number of anilines is 2. The Hall–Kier alpha value is -1.77. The minimum Gasteiger partial charge on any atom is -0.399 e. The SMILES string of the molecule is Cc1cc2ccc(N)cc2c(N)n1. The zero-order valence-corrected chi connectivity index (χ0v) is 7.41. The third-order valence-corrected chi connectivity index (χ3v) is 2.01. The van der Waals surface area contributed by atoms with Crippen LogP contribution in [0.15, 0.2) is 24.3 Å². The average molecular weight is 173 g/mol. The van der Waals surface area contributed by atoms with Crippen LogP contribution in [0.1, 0.15) is 5.69 Å². The molecule has 1 aromatic heterocycles. The van der Waals surface area contributed by atoms with Crippen molar-refractivity contribution in [3.63, 3.8) is 0 Å². The van der Waals surface area contributed by atoms with Crippen LogP contribution >= 0.6 is 0 Å². The molecule has 0 aliphatic heterocycles. The first-order valence-electron chi connectivity index (χ1n) is 4.09. The Kier molecular flexibility index (Phi) is 1.59. The van der Waals surface area contributed by atoms with Crippen LogP contribution in [0.4, 0.5) is 11.5 Å². The lowest BCUT2D eigenvalue weighted by molar-refractivity contribution is 1.23. The van der Waals surface area contributed by atoms with Crippen LogP contribution in [0.2, 0.25) is 0 Å². The van der Waals surface area contributed by atoms with Crippen molar-refractivity contribution in [1.29, 1.82) is 0 Å². The van der Waals surface area contributed by atoms with E-state index in [-0.39, 0.29) is 0 Å². The second kappa shape index (κ2) is 2.62. The number of pyridine rings is 1. The molecule has 4 N–H and O–H groups in total. The lowest BCUT2D eigenvalue weighted by Gasteiger charge is -2.03. The van der Waals surface area contributed by atoms with Crippen molar-refractivity contribution < 1.29 is 0 Å². The summed E-state index contributed by atoms with van der Waals surface area (Å²) in [7, 11) is 0. The van der Waals surface area contributed by atoms with Crippen molar-refractivity contribution in [2.24, 2.45) is 0 Å². The van der Waals surface area contributed by atoms with Crippen LogP contribution in [-0.4, -0.2) is 4.98 Å². The zero-order chi connectivity index (χ0) is 9.42. The first-order chi connectivity index (χ1) is 6.16. The predicted octanol–water partition coefficient (Wildman–Crippen LogP) is 1.71. The summed E-state index contributed by atoms with van der Waals surface area (Å²) in [4.78, 5) is 4.17. The van der Waals surface area contributed by atoms with Crippen LogP contribution in [0.25, 0.3) is 10.8 Å². The molecule has 0 saturated heterocycles. The van der Waals surface area contributed by atoms with Gasteiger partial charge < -0.3 is 11.5 Å². The average Bonchev–Trinajstić information content (AvgIpc) is 2.06. The molecule has 0 saturated carbocycles. The van der Waals surface area contributed by atoms with Crippen LogP contribution in [0.5, 0.6) is 0 Å². The molecule has 0 unspecified atom stereocenters. The number of rotatable bonds is 0. The summed E-state index contributed by atoms with van der Waals surface area (Å²) in [6.45, 7) is 1.92. The van der Waals surface area contributed by atoms with Crippen molar-refractivity contribution >= 4 is 22.3 Å². The lowest BCUT2D eigenvalue weighted by atomic mass is 10.1. The molecule has 0 atom stereocenters. The zero-order valence-electron chi connectivity index (χ0n) is 7.41. The Morgan fingerprint density at radius 3 is 2.69 bits per heavy atom. The van der Waals surface area contributed by atoms with E-state index in [1.165, 1.54) is 0 Å². The Bertz CT molecular complexity index is 463. The maximum Gasteiger partial charge on any atom is 0.131 e. The molecule has 0 aliphatic carbocycles. The van der Waals surface area contributed by atoms with E-state index < -0.39 is 0 Å². The minimum absolute atomic E-state index is 0.544. The van der Waals surface area contributed by atoms with Crippen LogP contribution in [-0.2, 0) is 0 Å². The number of benzene rings is 1. The molecular formula is C10H11N3. The number of nitrogens with two attached hydrogens (primary N) is 2.